The predicted octanol–water partition coefficient (Wildman–Crippen LogP) is 3.04. The Bertz CT molecular complexity index is 674. The lowest BCUT2D eigenvalue weighted by molar-refractivity contribution is -0.132. The third-order valence-corrected chi connectivity index (χ3v) is 6.24. The molecule has 5 nitrogen and oxygen atoms in total. The summed E-state index contributed by atoms with van der Waals surface area (Å²) >= 11 is 14.3. The maximum atomic E-state index is 12.4. The lowest BCUT2D eigenvalue weighted by atomic mass is 10.0. The third-order valence-electron chi connectivity index (χ3n) is 4.52. The van der Waals surface area contributed by atoms with Crippen LogP contribution in [-0.4, -0.2) is 48.6 Å². The Balaban J connectivity index is 1.45. The zero-order valence-corrected chi connectivity index (χ0v) is 17.2. The third kappa shape index (κ3) is 5.21. The second kappa shape index (κ2) is 8.41. The zero-order valence-electron chi connectivity index (χ0n) is 13.6. The lowest BCUT2D eigenvalue weighted by Crippen LogP contribution is -2.47. The van der Waals surface area contributed by atoms with E-state index in [-0.39, 0.29) is 24.0 Å². The molecule has 3 rings (SSSR count). The summed E-state index contributed by atoms with van der Waals surface area (Å²) in [6, 6.07) is 3.79. The average Bonchev–Trinajstić information content (AvgIpc) is 3.42. The van der Waals surface area contributed by atoms with Gasteiger partial charge in [0.25, 0.3) is 5.91 Å². The van der Waals surface area contributed by atoms with Crippen LogP contribution in [0.2, 0.25) is 10.0 Å². The molecule has 2 heterocycles. The van der Waals surface area contributed by atoms with Crippen LogP contribution < -0.4 is 5.32 Å². The Morgan fingerprint density at radius 2 is 1.88 bits per heavy atom. The van der Waals surface area contributed by atoms with Gasteiger partial charge in [-0.2, -0.15) is 0 Å². The topological polar surface area (TPSA) is 61.9 Å². The summed E-state index contributed by atoms with van der Waals surface area (Å²) in [6.45, 7) is 1.87. The molecule has 0 bridgehead atoms. The van der Waals surface area contributed by atoms with Crippen LogP contribution in [0.1, 0.15) is 24.8 Å². The smallest absolute Gasteiger partial charge is 0.251 e. The second-order valence-corrected chi connectivity index (χ2v) is 8.32. The van der Waals surface area contributed by atoms with E-state index in [1.165, 1.54) is 0 Å². The minimum Gasteiger partial charge on any atom is -0.363 e. The highest BCUT2D eigenvalue weighted by Crippen LogP contribution is 2.28. The van der Waals surface area contributed by atoms with E-state index in [1.54, 1.807) is 0 Å². The summed E-state index contributed by atoms with van der Waals surface area (Å²) in [6.07, 6.45) is 2.40. The Hall–Kier alpha value is -0.570. The van der Waals surface area contributed by atoms with Gasteiger partial charge in [0, 0.05) is 29.1 Å². The van der Waals surface area contributed by atoms with E-state index in [4.69, 9.17) is 27.9 Å². The first-order chi connectivity index (χ1) is 11.9. The Morgan fingerprint density at radius 3 is 2.52 bits per heavy atom. The summed E-state index contributed by atoms with van der Waals surface area (Å²) < 4.78 is 5.99. The van der Waals surface area contributed by atoms with Crippen LogP contribution in [0.3, 0.4) is 0 Å². The first kappa shape index (κ1) is 19.2. The molecule has 0 aromatic heterocycles. The molecule has 2 fully saturated rings. The Kier molecular flexibility index (Phi) is 6.46. The molecular formula is C17H19Cl2IN2O3. The molecule has 1 atom stereocenters. The van der Waals surface area contributed by atoms with E-state index in [9.17, 15) is 9.59 Å². The summed E-state index contributed by atoms with van der Waals surface area (Å²) in [4.78, 5) is 26.0. The summed E-state index contributed by atoms with van der Waals surface area (Å²) in [5, 5.41) is 4.03. The number of aryl methyl sites for hydroxylation is 1. The number of ether oxygens (including phenoxy) is 1. The molecule has 25 heavy (non-hydrogen) atoms. The number of rotatable bonds is 5. The van der Waals surface area contributed by atoms with Crippen molar-refractivity contribution in [1.29, 1.82) is 0 Å². The molecule has 0 aliphatic carbocycles. The van der Waals surface area contributed by atoms with Gasteiger partial charge in [0.05, 0.1) is 16.7 Å². The molecule has 136 valence electrons. The van der Waals surface area contributed by atoms with Crippen molar-refractivity contribution >= 4 is 57.6 Å². The molecule has 2 amide bonds. The fourth-order valence-electron chi connectivity index (χ4n) is 2.92. The van der Waals surface area contributed by atoms with Gasteiger partial charge in [-0.25, -0.2) is 0 Å². The fourth-order valence-corrected chi connectivity index (χ4v) is 4.19. The maximum Gasteiger partial charge on any atom is 0.251 e. The summed E-state index contributed by atoms with van der Waals surface area (Å²) in [5.74, 6) is 0.108. The largest absolute Gasteiger partial charge is 0.363 e. The number of carbonyl (C=O) groups is 2. The fraction of sp³-hybridized carbons (Fsp3) is 0.529. The van der Waals surface area contributed by atoms with Crippen molar-refractivity contribution < 1.29 is 14.3 Å². The molecule has 1 unspecified atom stereocenters. The number of benzene rings is 1. The number of hydrogen-bond donors (Lipinski definition) is 1. The van der Waals surface area contributed by atoms with Gasteiger partial charge in [-0.05, 0) is 59.5 Å². The quantitative estimate of drug-likeness (QED) is 0.387. The summed E-state index contributed by atoms with van der Waals surface area (Å²) in [5.41, 5.74) is 1.04. The van der Waals surface area contributed by atoms with Crippen LogP contribution in [-0.2, 0) is 20.7 Å². The molecule has 2 saturated heterocycles. The SMILES string of the molecule is O=C(NC1CCN(C(=O)CCc2cc(Cl)c(Cl)cc2I)CC1)C1CO1. The maximum absolute atomic E-state index is 12.4. The minimum atomic E-state index is -0.256. The lowest BCUT2D eigenvalue weighted by Gasteiger charge is -2.32. The van der Waals surface area contributed by atoms with Crippen LogP contribution in [0, 0.1) is 3.57 Å². The van der Waals surface area contributed by atoms with Gasteiger partial charge >= 0.3 is 0 Å². The van der Waals surface area contributed by atoms with E-state index < -0.39 is 0 Å². The molecule has 8 heteroatoms. The van der Waals surface area contributed by atoms with Crippen LogP contribution in [0.15, 0.2) is 12.1 Å². The molecule has 0 saturated carbocycles. The first-order valence-electron chi connectivity index (χ1n) is 8.27. The van der Waals surface area contributed by atoms with E-state index in [1.807, 2.05) is 17.0 Å². The van der Waals surface area contributed by atoms with Crippen molar-refractivity contribution in [1.82, 2.24) is 10.2 Å². The molecule has 0 spiro atoms. The van der Waals surface area contributed by atoms with Gasteiger partial charge in [-0.3, -0.25) is 9.59 Å². The number of carbonyl (C=O) groups excluding carboxylic acids is 2. The van der Waals surface area contributed by atoms with Crippen LogP contribution in [0.25, 0.3) is 0 Å². The van der Waals surface area contributed by atoms with Gasteiger partial charge in [0.2, 0.25) is 5.91 Å². The average molecular weight is 497 g/mol. The van der Waals surface area contributed by atoms with E-state index in [0.717, 1.165) is 22.0 Å². The number of amides is 2. The monoisotopic (exact) mass is 496 g/mol. The zero-order chi connectivity index (χ0) is 18.0. The molecule has 2 aliphatic rings. The number of piperidine rings is 1. The number of nitrogens with zero attached hydrogens (tertiary/aromatic N) is 1. The van der Waals surface area contributed by atoms with Gasteiger partial charge in [-0.1, -0.05) is 23.2 Å². The molecule has 2 aliphatic heterocycles. The van der Waals surface area contributed by atoms with Crippen LogP contribution >= 0.6 is 45.8 Å². The van der Waals surface area contributed by atoms with Crippen molar-refractivity contribution in [3.63, 3.8) is 0 Å². The Morgan fingerprint density at radius 1 is 1.24 bits per heavy atom. The summed E-state index contributed by atoms with van der Waals surface area (Å²) in [7, 11) is 0. The highest BCUT2D eigenvalue weighted by molar-refractivity contribution is 14.1. The van der Waals surface area contributed by atoms with Gasteiger partial charge in [0.15, 0.2) is 6.10 Å². The number of hydrogen-bond acceptors (Lipinski definition) is 3. The molecule has 1 aromatic rings. The standard InChI is InChI=1S/C17H19Cl2IN2O3/c18-12-7-10(14(20)8-13(12)19)1-2-16(23)22-5-3-11(4-6-22)21-17(24)15-9-25-15/h7-8,11,15H,1-6,9H2,(H,21,24). The minimum absolute atomic E-state index is 0.0287. The van der Waals surface area contributed by atoms with Crippen molar-refractivity contribution in [2.75, 3.05) is 19.7 Å². The van der Waals surface area contributed by atoms with Crippen molar-refractivity contribution in [2.45, 2.75) is 37.8 Å². The Labute approximate surface area is 170 Å². The number of epoxide rings is 1. The highest BCUT2D eigenvalue weighted by atomic mass is 127. The van der Waals surface area contributed by atoms with Gasteiger partial charge in [0.1, 0.15) is 0 Å². The molecule has 0 radical (unpaired) electrons. The molecular weight excluding hydrogens is 478 g/mol. The number of halogens is 3. The van der Waals surface area contributed by atoms with Gasteiger partial charge in [-0.15, -0.1) is 0 Å². The van der Waals surface area contributed by atoms with Crippen molar-refractivity contribution in [3.8, 4) is 0 Å². The normalized spacial score (nSPS) is 20.4. The second-order valence-electron chi connectivity index (χ2n) is 6.34. The van der Waals surface area contributed by atoms with Crippen LogP contribution in [0.5, 0.6) is 0 Å². The van der Waals surface area contributed by atoms with Crippen molar-refractivity contribution in [3.05, 3.63) is 31.3 Å². The highest BCUT2D eigenvalue weighted by Gasteiger charge is 2.33. The number of nitrogens with one attached hydrogen (secondary N) is 1. The van der Waals surface area contributed by atoms with Crippen molar-refractivity contribution in [2.24, 2.45) is 0 Å². The molecule has 1 N–H and O–H groups in total. The van der Waals surface area contributed by atoms with E-state index in [0.29, 0.717) is 42.6 Å². The van der Waals surface area contributed by atoms with Gasteiger partial charge < -0.3 is 15.0 Å². The molecule has 1 aromatic carbocycles. The van der Waals surface area contributed by atoms with E-state index in [2.05, 4.69) is 27.9 Å². The first-order valence-corrected chi connectivity index (χ1v) is 10.1. The van der Waals surface area contributed by atoms with Crippen LogP contribution in [0.4, 0.5) is 0 Å². The van der Waals surface area contributed by atoms with E-state index >= 15 is 0 Å². The number of likely N-dealkylation sites (tertiary alicyclic amines) is 1. The predicted molar refractivity (Wildman–Crippen MR) is 105 cm³/mol.